The highest BCUT2D eigenvalue weighted by Crippen LogP contribution is 2.36. The number of aromatic amines is 1. The first kappa shape index (κ1) is 30.0. The summed E-state index contributed by atoms with van der Waals surface area (Å²) in [6.45, 7) is 12.8. The second-order valence-electron chi connectivity index (χ2n) is 11.5. The lowest BCUT2D eigenvalue weighted by Gasteiger charge is -2.35. The van der Waals surface area contributed by atoms with E-state index in [1.807, 2.05) is 6.08 Å². The average Bonchev–Trinajstić information content (AvgIpc) is 3.48. The third kappa shape index (κ3) is 6.59. The Labute approximate surface area is 247 Å². The van der Waals surface area contributed by atoms with E-state index < -0.39 is 6.61 Å². The van der Waals surface area contributed by atoms with Gasteiger partial charge in [-0.05, 0) is 62.2 Å². The van der Waals surface area contributed by atoms with Crippen LogP contribution in [0, 0.1) is 23.2 Å². The van der Waals surface area contributed by atoms with Crippen LogP contribution in [0.1, 0.15) is 57.3 Å². The van der Waals surface area contributed by atoms with E-state index in [1.165, 1.54) is 5.70 Å². The number of piperidine rings is 1. The lowest BCUT2D eigenvalue weighted by Crippen LogP contribution is -2.43. The summed E-state index contributed by atoms with van der Waals surface area (Å²) < 4.78 is 11.9. The quantitative estimate of drug-likeness (QED) is 0.461. The highest BCUT2D eigenvalue weighted by molar-refractivity contribution is 5.91. The van der Waals surface area contributed by atoms with Crippen molar-refractivity contribution in [2.24, 2.45) is 11.8 Å². The normalized spacial score (nSPS) is 23.0. The molecule has 224 valence electrons. The maximum absolute atomic E-state index is 11.8. The number of carbonyl (C=O) groups is 1. The topological polar surface area (TPSA) is 128 Å². The van der Waals surface area contributed by atoms with Crippen LogP contribution in [0.5, 0.6) is 0 Å². The van der Waals surface area contributed by atoms with Crippen LogP contribution in [0.2, 0.25) is 0 Å². The largest absolute Gasteiger partial charge is 0.387 e. The van der Waals surface area contributed by atoms with Gasteiger partial charge in [0.1, 0.15) is 18.6 Å². The minimum atomic E-state index is -0.462. The number of amides is 1. The molecule has 0 radical (unpaired) electrons. The van der Waals surface area contributed by atoms with Crippen molar-refractivity contribution in [2.75, 3.05) is 46.0 Å². The van der Waals surface area contributed by atoms with Gasteiger partial charge in [-0.25, -0.2) is 9.97 Å². The fourth-order valence-corrected chi connectivity index (χ4v) is 6.29. The minimum Gasteiger partial charge on any atom is -0.387 e. The molecule has 0 saturated carbocycles. The molecule has 3 aliphatic rings. The third-order valence-corrected chi connectivity index (χ3v) is 8.86. The van der Waals surface area contributed by atoms with Crippen LogP contribution in [0.3, 0.4) is 0 Å². The number of allylic oxidation sites excluding steroid dienone is 4. The summed E-state index contributed by atoms with van der Waals surface area (Å²) in [4.78, 5) is 28.5. The van der Waals surface area contributed by atoms with Gasteiger partial charge in [0.15, 0.2) is 0 Å². The fourth-order valence-electron chi connectivity index (χ4n) is 6.29. The number of carbonyl (C=O) groups excluding carboxylic acids is 1. The monoisotopic (exact) mass is 574 g/mol. The van der Waals surface area contributed by atoms with Crippen molar-refractivity contribution in [1.82, 2.24) is 24.8 Å². The van der Waals surface area contributed by atoms with Crippen LogP contribution in [-0.2, 0) is 14.3 Å². The van der Waals surface area contributed by atoms with Crippen molar-refractivity contribution >= 4 is 28.1 Å². The Kier molecular flexibility index (Phi) is 9.73. The zero-order valence-electron chi connectivity index (χ0n) is 24.7. The van der Waals surface area contributed by atoms with Gasteiger partial charge < -0.3 is 29.4 Å². The van der Waals surface area contributed by atoms with Crippen LogP contribution >= 0.6 is 0 Å². The second kappa shape index (κ2) is 13.6. The van der Waals surface area contributed by atoms with Crippen molar-refractivity contribution in [3.63, 3.8) is 0 Å². The molecule has 2 aromatic heterocycles. The molecule has 0 spiro atoms. The Bertz CT molecular complexity index is 1380. The maximum atomic E-state index is 11.8. The van der Waals surface area contributed by atoms with Gasteiger partial charge in [0, 0.05) is 43.0 Å². The summed E-state index contributed by atoms with van der Waals surface area (Å²) in [6, 6.07) is 4.53. The Morgan fingerprint density at radius 1 is 1.26 bits per heavy atom. The molecule has 42 heavy (non-hydrogen) atoms. The number of fused-ring (bicyclic) bond motifs is 1. The molecule has 2 aliphatic heterocycles. The minimum absolute atomic E-state index is 0.000787. The summed E-state index contributed by atoms with van der Waals surface area (Å²) in [5.41, 5.74) is 5.94. The molecular formula is C32H42N6O4. The number of nitrogens with one attached hydrogen (secondary N) is 1. The van der Waals surface area contributed by atoms with E-state index in [4.69, 9.17) is 14.6 Å². The molecule has 10 nitrogen and oxygen atoms in total. The number of likely N-dealkylation sites (tertiary alicyclic amines) is 1. The molecule has 2 fully saturated rings. The number of H-pyrrole nitrogens is 1. The Hall–Kier alpha value is -3.52. The number of hydrogen-bond donors (Lipinski definition) is 2. The van der Waals surface area contributed by atoms with E-state index in [-0.39, 0.29) is 30.0 Å². The van der Waals surface area contributed by atoms with Crippen LogP contribution in [0.4, 0.5) is 0 Å². The summed E-state index contributed by atoms with van der Waals surface area (Å²) in [7, 11) is 0. The molecule has 1 aliphatic carbocycles. The number of aromatic nitrogens is 3. The van der Waals surface area contributed by atoms with E-state index in [1.54, 1.807) is 11.2 Å². The van der Waals surface area contributed by atoms with E-state index in [0.717, 1.165) is 79.1 Å². The Morgan fingerprint density at radius 3 is 2.71 bits per heavy atom. The van der Waals surface area contributed by atoms with Gasteiger partial charge >= 0.3 is 0 Å². The van der Waals surface area contributed by atoms with Crippen molar-refractivity contribution in [1.29, 1.82) is 5.26 Å². The summed E-state index contributed by atoms with van der Waals surface area (Å²) >= 11 is 0. The number of aliphatic hydroxyl groups excluding tert-OH is 1. The molecule has 2 N–H and O–H groups in total. The molecule has 2 unspecified atom stereocenters. The van der Waals surface area contributed by atoms with Crippen molar-refractivity contribution in [2.45, 2.75) is 58.2 Å². The number of aliphatic hydroxyl groups is 1. The number of rotatable bonds is 9. The van der Waals surface area contributed by atoms with Crippen LogP contribution in [0.15, 0.2) is 36.8 Å². The number of nitriles is 1. The third-order valence-electron chi connectivity index (χ3n) is 8.86. The van der Waals surface area contributed by atoms with Gasteiger partial charge in [-0.15, -0.1) is 0 Å². The van der Waals surface area contributed by atoms with Gasteiger partial charge in [0.25, 0.3) is 0 Å². The van der Waals surface area contributed by atoms with Crippen LogP contribution < -0.4 is 0 Å². The second-order valence-corrected chi connectivity index (χ2v) is 11.5. The van der Waals surface area contributed by atoms with Crippen molar-refractivity contribution in [3.8, 4) is 6.07 Å². The van der Waals surface area contributed by atoms with Gasteiger partial charge in [-0.2, -0.15) is 5.26 Å². The van der Waals surface area contributed by atoms with Gasteiger partial charge in [0.05, 0.1) is 43.1 Å². The number of hydrogen-bond acceptors (Lipinski definition) is 8. The highest BCUT2D eigenvalue weighted by Gasteiger charge is 2.32. The summed E-state index contributed by atoms with van der Waals surface area (Å²) in [6.07, 6.45) is 9.37. The zero-order valence-corrected chi connectivity index (χ0v) is 24.7. The van der Waals surface area contributed by atoms with E-state index >= 15 is 0 Å². The molecule has 3 atom stereocenters. The Balaban J connectivity index is 1.27. The predicted octanol–water partition coefficient (Wildman–Crippen LogP) is 3.92. The molecule has 2 aromatic rings. The maximum Gasteiger partial charge on any atom is 0.248 e. The van der Waals surface area contributed by atoms with Crippen molar-refractivity contribution in [3.05, 3.63) is 48.2 Å². The van der Waals surface area contributed by atoms with E-state index in [9.17, 15) is 10.1 Å². The van der Waals surface area contributed by atoms with E-state index in [0.29, 0.717) is 25.9 Å². The molecule has 1 amide bonds. The van der Waals surface area contributed by atoms with Gasteiger partial charge in [0.2, 0.25) is 5.91 Å². The summed E-state index contributed by atoms with van der Waals surface area (Å²) in [5.74, 6) is -0.401. The zero-order chi connectivity index (χ0) is 29.6. The average molecular weight is 575 g/mol. The van der Waals surface area contributed by atoms with Gasteiger partial charge in [-0.1, -0.05) is 25.7 Å². The molecule has 10 heteroatoms. The highest BCUT2D eigenvalue weighted by atomic mass is 16.5. The molecule has 0 bridgehead atoms. The lowest BCUT2D eigenvalue weighted by atomic mass is 9.86. The molecule has 5 rings (SSSR count). The van der Waals surface area contributed by atoms with Crippen LogP contribution in [0.25, 0.3) is 22.2 Å². The van der Waals surface area contributed by atoms with E-state index in [2.05, 4.69) is 58.5 Å². The number of ether oxygens (including phenoxy) is 2. The first-order valence-electron chi connectivity index (χ1n) is 15.1. The molecular weight excluding hydrogens is 532 g/mol. The number of morpholine rings is 1. The first-order chi connectivity index (χ1) is 20.4. The smallest absolute Gasteiger partial charge is 0.248 e. The Morgan fingerprint density at radius 2 is 2.02 bits per heavy atom. The fraction of sp³-hybridized carbons (Fsp3) is 0.562. The summed E-state index contributed by atoms with van der Waals surface area (Å²) in [5, 5.41) is 20.1. The van der Waals surface area contributed by atoms with Gasteiger partial charge in [-0.3, -0.25) is 4.79 Å². The first-order valence-corrected chi connectivity index (χ1v) is 15.1. The van der Waals surface area contributed by atoms with Crippen LogP contribution in [-0.4, -0.2) is 94.0 Å². The SMILES string of the molecule is C=C(c1cc2c(C3=C[C@@H](C#N)C(OC4CCN(C(=O)CO)CC4)CC3)ncnc2[nH]1)C(C)C/C(=C\C)N1CCOCC1. The number of nitrogens with zero attached hydrogens (tertiary/aromatic N) is 5. The molecule has 4 heterocycles. The van der Waals surface area contributed by atoms with Crippen molar-refractivity contribution < 1.29 is 19.4 Å². The molecule has 0 aromatic carbocycles. The standard InChI is InChI=1S/C32H42N6O4/c1-4-25(37-11-13-41-14-12-37)15-21(2)22(3)28-17-27-31(34-20-35-32(27)36-28)23-5-6-29(24(16-23)18-33)42-26-7-9-38(10-8-26)30(40)19-39/h4,16-17,20-21,24,26,29,39H,3,5-15,19H2,1-2H3,(H,34,35,36)/b25-4+/t21?,24-,29?/m0/s1. The molecule has 2 saturated heterocycles. The lowest BCUT2D eigenvalue weighted by molar-refractivity contribution is -0.137. The predicted molar refractivity (Wildman–Crippen MR) is 161 cm³/mol.